The van der Waals surface area contributed by atoms with Crippen molar-refractivity contribution in [2.75, 3.05) is 31.2 Å². The lowest BCUT2D eigenvalue weighted by Gasteiger charge is -2.18. The first-order chi connectivity index (χ1) is 9.17. The maximum atomic E-state index is 11.7. The van der Waals surface area contributed by atoms with Gasteiger partial charge in [0, 0.05) is 20.2 Å². The van der Waals surface area contributed by atoms with Gasteiger partial charge in [-0.3, -0.25) is 4.79 Å². The molecular formula is C12H20N4O2S. The molecule has 1 aromatic rings. The zero-order chi connectivity index (χ0) is 13.8. The summed E-state index contributed by atoms with van der Waals surface area (Å²) in [4.78, 5) is 11.7. The van der Waals surface area contributed by atoms with Crippen LogP contribution in [-0.2, 0) is 0 Å². The first kappa shape index (κ1) is 14.1. The maximum Gasteiger partial charge on any atom is 0.257 e. The van der Waals surface area contributed by atoms with Crippen LogP contribution in [-0.4, -0.2) is 35.6 Å². The van der Waals surface area contributed by atoms with Crippen LogP contribution in [0.25, 0.3) is 0 Å². The molecule has 0 aromatic carbocycles. The van der Waals surface area contributed by atoms with Crippen molar-refractivity contribution in [2.45, 2.75) is 19.3 Å². The highest BCUT2D eigenvalue weighted by molar-refractivity contribution is 7.11. The van der Waals surface area contributed by atoms with E-state index < -0.39 is 0 Å². The van der Waals surface area contributed by atoms with Gasteiger partial charge in [0.15, 0.2) is 5.82 Å². The fourth-order valence-electron chi connectivity index (χ4n) is 2.61. The van der Waals surface area contributed by atoms with E-state index in [1.165, 1.54) is 11.5 Å². The van der Waals surface area contributed by atoms with Crippen LogP contribution in [0.3, 0.4) is 0 Å². The average Bonchev–Trinajstić information content (AvgIpc) is 3.01. The number of hydrogen-bond acceptors (Lipinski definition) is 6. The molecule has 2 rings (SSSR count). The quantitative estimate of drug-likeness (QED) is 0.644. The fourth-order valence-corrected chi connectivity index (χ4v) is 3.33. The fraction of sp³-hybridized carbons (Fsp3) is 0.667. The summed E-state index contributed by atoms with van der Waals surface area (Å²) in [6, 6.07) is 0. The predicted octanol–water partition coefficient (Wildman–Crippen LogP) is 0.905. The lowest BCUT2D eigenvalue weighted by atomic mass is 9.97. The minimum Gasteiger partial charge on any atom is -0.396 e. The second kappa shape index (κ2) is 6.21. The van der Waals surface area contributed by atoms with Crippen molar-refractivity contribution in [3.8, 4) is 0 Å². The molecule has 1 aromatic heterocycles. The standard InChI is InChI=1S/C12H20N4O2S/c1-14-11(18)9-10(13)16-19-12(9)15-5-7-3-2-4-8(7)6-17/h7-8,15,17H,2-6H2,1H3,(H2,13,16)(H,14,18). The number of hydrogen-bond donors (Lipinski definition) is 4. The number of nitrogen functional groups attached to an aromatic ring is 1. The Hall–Kier alpha value is -1.34. The van der Waals surface area contributed by atoms with Gasteiger partial charge in [0.1, 0.15) is 10.6 Å². The van der Waals surface area contributed by atoms with Gasteiger partial charge >= 0.3 is 0 Å². The van der Waals surface area contributed by atoms with Crippen molar-refractivity contribution in [1.82, 2.24) is 9.69 Å². The number of carbonyl (C=O) groups excluding carboxylic acids is 1. The third-order valence-electron chi connectivity index (χ3n) is 3.75. The molecule has 1 fully saturated rings. The normalized spacial score (nSPS) is 22.4. The van der Waals surface area contributed by atoms with Gasteiger partial charge in [-0.05, 0) is 36.2 Å². The number of nitrogens with one attached hydrogen (secondary N) is 2. The molecule has 2 atom stereocenters. The topological polar surface area (TPSA) is 100 Å². The monoisotopic (exact) mass is 284 g/mol. The summed E-state index contributed by atoms with van der Waals surface area (Å²) in [5.41, 5.74) is 6.14. The van der Waals surface area contributed by atoms with E-state index in [9.17, 15) is 9.90 Å². The lowest BCUT2D eigenvalue weighted by Crippen LogP contribution is -2.23. The van der Waals surface area contributed by atoms with Crippen LogP contribution < -0.4 is 16.4 Å². The van der Waals surface area contributed by atoms with Crippen LogP contribution in [0.15, 0.2) is 0 Å². The van der Waals surface area contributed by atoms with Gasteiger partial charge in [0.05, 0.1) is 0 Å². The number of aromatic nitrogens is 1. The van der Waals surface area contributed by atoms with Gasteiger partial charge in [-0.1, -0.05) is 6.42 Å². The van der Waals surface area contributed by atoms with Gasteiger partial charge in [-0.25, -0.2) is 0 Å². The van der Waals surface area contributed by atoms with Crippen LogP contribution in [0.2, 0.25) is 0 Å². The van der Waals surface area contributed by atoms with Gasteiger partial charge in [-0.2, -0.15) is 4.37 Å². The van der Waals surface area contributed by atoms with Crippen molar-refractivity contribution in [2.24, 2.45) is 11.8 Å². The molecule has 0 radical (unpaired) electrons. The minimum absolute atomic E-state index is 0.223. The molecule has 1 heterocycles. The van der Waals surface area contributed by atoms with E-state index in [1.807, 2.05) is 0 Å². The summed E-state index contributed by atoms with van der Waals surface area (Å²) in [7, 11) is 1.57. The Morgan fingerprint density at radius 1 is 1.53 bits per heavy atom. The first-order valence-electron chi connectivity index (χ1n) is 6.49. The number of nitrogens with zero attached hydrogens (tertiary/aromatic N) is 1. The van der Waals surface area contributed by atoms with Crippen LogP contribution >= 0.6 is 11.5 Å². The number of amides is 1. The molecule has 7 heteroatoms. The van der Waals surface area contributed by atoms with Crippen LogP contribution in [0.1, 0.15) is 29.6 Å². The number of rotatable bonds is 5. The van der Waals surface area contributed by atoms with E-state index >= 15 is 0 Å². The second-order valence-corrected chi connectivity index (χ2v) is 5.64. The zero-order valence-electron chi connectivity index (χ0n) is 11.0. The predicted molar refractivity (Wildman–Crippen MR) is 76.3 cm³/mol. The molecule has 1 saturated carbocycles. The molecular weight excluding hydrogens is 264 g/mol. The highest BCUT2D eigenvalue weighted by Gasteiger charge is 2.27. The summed E-state index contributed by atoms with van der Waals surface area (Å²) in [6.07, 6.45) is 3.35. The largest absolute Gasteiger partial charge is 0.396 e. The van der Waals surface area contributed by atoms with E-state index in [1.54, 1.807) is 7.05 Å². The molecule has 0 saturated heterocycles. The Morgan fingerprint density at radius 2 is 2.26 bits per heavy atom. The summed E-state index contributed by atoms with van der Waals surface area (Å²) in [5, 5.41) is 15.8. The van der Waals surface area contributed by atoms with Gasteiger partial charge in [-0.15, -0.1) is 0 Å². The van der Waals surface area contributed by atoms with Gasteiger partial charge < -0.3 is 21.5 Å². The van der Waals surface area contributed by atoms with E-state index in [4.69, 9.17) is 5.73 Å². The Balaban J connectivity index is 2.02. The first-order valence-corrected chi connectivity index (χ1v) is 7.26. The number of carbonyl (C=O) groups is 1. The molecule has 5 N–H and O–H groups in total. The van der Waals surface area contributed by atoms with E-state index in [0.717, 1.165) is 25.8 Å². The van der Waals surface area contributed by atoms with E-state index in [2.05, 4.69) is 15.0 Å². The van der Waals surface area contributed by atoms with Crippen LogP contribution in [0.5, 0.6) is 0 Å². The molecule has 1 aliphatic rings. The molecule has 0 spiro atoms. The minimum atomic E-state index is -0.223. The van der Waals surface area contributed by atoms with Crippen molar-refractivity contribution in [3.05, 3.63) is 5.56 Å². The number of aliphatic hydroxyl groups excluding tert-OH is 1. The van der Waals surface area contributed by atoms with Crippen LogP contribution in [0.4, 0.5) is 10.8 Å². The molecule has 0 bridgehead atoms. The molecule has 19 heavy (non-hydrogen) atoms. The Morgan fingerprint density at radius 3 is 2.95 bits per heavy atom. The number of anilines is 2. The highest BCUT2D eigenvalue weighted by Crippen LogP contribution is 2.33. The van der Waals surface area contributed by atoms with E-state index in [-0.39, 0.29) is 18.3 Å². The molecule has 1 amide bonds. The summed E-state index contributed by atoms with van der Waals surface area (Å²) >= 11 is 1.20. The molecule has 0 aliphatic heterocycles. The van der Waals surface area contributed by atoms with Crippen molar-refractivity contribution >= 4 is 28.3 Å². The maximum absolute atomic E-state index is 11.7. The number of aliphatic hydroxyl groups is 1. The highest BCUT2D eigenvalue weighted by atomic mass is 32.1. The van der Waals surface area contributed by atoms with Crippen LogP contribution in [0, 0.1) is 11.8 Å². The van der Waals surface area contributed by atoms with Crippen molar-refractivity contribution in [1.29, 1.82) is 0 Å². The third-order valence-corrected chi connectivity index (χ3v) is 4.57. The summed E-state index contributed by atoms with van der Waals surface area (Å²) < 4.78 is 4.02. The zero-order valence-corrected chi connectivity index (χ0v) is 11.8. The smallest absolute Gasteiger partial charge is 0.257 e. The summed E-state index contributed by atoms with van der Waals surface area (Å²) in [6.45, 7) is 0.982. The third kappa shape index (κ3) is 2.98. The lowest BCUT2D eigenvalue weighted by molar-refractivity contribution is 0.0965. The van der Waals surface area contributed by atoms with Crippen molar-refractivity contribution < 1.29 is 9.90 Å². The van der Waals surface area contributed by atoms with Gasteiger partial charge in [0.25, 0.3) is 5.91 Å². The van der Waals surface area contributed by atoms with Gasteiger partial charge in [0.2, 0.25) is 0 Å². The molecule has 2 unspecified atom stereocenters. The van der Waals surface area contributed by atoms with E-state index in [0.29, 0.717) is 22.4 Å². The van der Waals surface area contributed by atoms with Crippen molar-refractivity contribution in [3.63, 3.8) is 0 Å². The molecule has 106 valence electrons. The Kier molecular flexibility index (Phi) is 4.60. The number of nitrogens with two attached hydrogens (primary N) is 1. The Bertz CT molecular complexity index is 449. The second-order valence-electron chi connectivity index (χ2n) is 4.87. The Labute approximate surface area is 116 Å². The SMILES string of the molecule is CNC(=O)c1c(N)nsc1NCC1CCCC1CO. The average molecular weight is 284 g/mol. The molecule has 6 nitrogen and oxygen atoms in total. The summed E-state index contributed by atoms with van der Waals surface area (Å²) in [5.74, 6) is 0.850. The molecule has 1 aliphatic carbocycles.